The van der Waals surface area contributed by atoms with Crippen molar-refractivity contribution in [3.05, 3.63) is 63.7 Å². The zero-order chi connectivity index (χ0) is 95.9. The first kappa shape index (κ1) is 117. The summed E-state index contributed by atoms with van der Waals surface area (Å²) in [7, 11) is -2.87. The first-order chi connectivity index (χ1) is 65.4. The highest BCUT2D eigenvalue weighted by atomic mass is 32.2. The standard InChI is InChI=1S/C91H147N5O36S2/c1-90(2)70-75(73-133-132-131-101)77-66-79-81(72-92)80-67-78-76(74-134(102,103)104)71-91(3,4)95(83(78)69-85(80)129-84(79)68-82(77)94(90)18-11-7-9-13-89(100)130-96-87(98)14-15-88(96)99)17-10-6-8-12-86(97)93-16-19-106-22-23-108-26-27-110-30-31-112-34-35-114-38-39-116-42-43-118-46-47-120-50-51-122-54-55-124-58-59-126-62-63-128-65-64-127-61-60-125-57-56-123-53-52-121-49-48-119-45-44-117-41-40-115-37-36-113-33-32-111-29-28-109-25-24-107-21-20-105-5/h66-71H,6-65,73-74H2,1-5H3,(H2-,93,97,101,102,103,104)/p+1. The molecular weight excluding hydrogens is 1800 g/mol. The van der Waals surface area contributed by atoms with Crippen LogP contribution in [0.2, 0.25) is 0 Å². The summed E-state index contributed by atoms with van der Waals surface area (Å²) in [6, 6.07) is 9.71. The van der Waals surface area contributed by atoms with E-state index in [-0.39, 0.29) is 36.5 Å². The quantitative estimate of drug-likeness (QED) is 0.0149. The van der Waals surface area contributed by atoms with Crippen LogP contribution in [0.15, 0.2) is 36.4 Å². The smallest absolute Gasteiger partial charge is 0.333 e. The van der Waals surface area contributed by atoms with E-state index in [4.69, 9.17) is 133 Å². The Kier molecular flexibility index (Phi) is 64.4. The van der Waals surface area contributed by atoms with E-state index < -0.39 is 44.7 Å². The number of nitrogens with one attached hydrogen (secondary N) is 1. The van der Waals surface area contributed by atoms with Gasteiger partial charge in [0.05, 0.1) is 333 Å². The molecule has 43 heteroatoms. The van der Waals surface area contributed by atoms with Crippen molar-refractivity contribution in [1.82, 2.24) is 15.0 Å². The van der Waals surface area contributed by atoms with Gasteiger partial charge in [0.25, 0.3) is 21.9 Å². The van der Waals surface area contributed by atoms with Gasteiger partial charge < -0.3 is 133 Å². The highest BCUT2D eigenvalue weighted by molar-refractivity contribution is 7.95. The molecule has 6 rings (SSSR count). The number of ether oxygens (including phenoxy) is 25. The maximum atomic E-state index is 12.9. The minimum absolute atomic E-state index is 0.00424. The molecule has 3 amide bonds. The number of methoxy groups -OCH3 is 1. The molecular formula is C91H148N5O36S2+. The average Bonchev–Trinajstić information content (AvgIpc) is 0.742. The Morgan fingerprint density at radius 2 is 0.836 bits per heavy atom. The van der Waals surface area contributed by atoms with Gasteiger partial charge in [0.2, 0.25) is 11.3 Å². The van der Waals surface area contributed by atoms with Crippen LogP contribution in [0.1, 0.15) is 109 Å². The third kappa shape index (κ3) is 51.7. The van der Waals surface area contributed by atoms with Crippen LogP contribution >= 0.6 is 12.0 Å². The summed E-state index contributed by atoms with van der Waals surface area (Å²) in [6.07, 6.45) is 7.87. The molecule has 4 aliphatic rings. The van der Waals surface area contributed by atoms with E-state index in [0.29, 0.717) is 419 Å². The van der Waals surface area contributed by atoms with Crippen molar-refractivity contribution in [2.75, 3.05) is 354 Å². The number of carbonyl (C=O) groups excluding carboxylic acids is 4. The van der Waals surface area contributed by atoms with Gasteiger partial charge in [0.15, 0.2) is 5.54 Å². The van der Waals surface area contributed by atoms with Gasteiger partial charge >= 0.3 is 5.97 Å². The Morgan fingerprint density at radius 1 is 0.463 bits per heavy atom. The molecule has 0 bridgehead atoms. The number of hydrogen-bond acceptors (Lipinski definition) is 38. The molecule has 0 aliphatic carbocycles. The highest BCUT2D eigenvalue weighted by Crippen LogP contribution is 2.46. The average molecular weight is 1950 g/mol. The van der Waals surface area contributed by atoms with E-state index in [1.54, 1.807) is 13.2 Å². The van der Waals surface area contributed by atoms with Gasteiger partial charge in [-0.25, -0.2) is 14.6 Å². The van der Waals surface area contributed by atoms with Crippen LogP contribution < -0.4 is 30.1 Å². The fraction of sp³-hybridized carbons (Fsp3) is 0.758. The van der Waals surface area contributed by atoms with Crippen molar-refractivity contribution >= 4 is 68.3 Å². The molecule has 0 saturated carbocycles. The Balaban J connectivity index is 0.651. The van der Waals surface area contributed by atoms with Gasteiger partial charge in [-0.1, -0.05) is 17.5 Å². The second-order valence-electron chi connectivity index (χ2n) is 31.5. The van der Waals surface area contributed by atoms with Crippen molar-refractivity contribution in [3.8, 4) is 17.6 Å². The molecule has 4 aliphatic heterocycles. The molecule has 0 radical (unpaired) electrons. The molecule has 0 spiro atoms. The number of hydroxylamine groups is 2. The minimum Gasteiger partial charge on any atom is -0.456 e. The van der Waals surface area contributed by atoms with E-state index >= 15 is 0 Å². The van der Waals surface area contributed by atoms with Crippen LogP contribution in [-0.2, 0) is 157 Å². The Bertz CT molecular complexity index is 3880. The van der Waals surface area contributed by atoms with Gasteiger partial charge in [-0.15, -0.1) is 9.40 Å². The SMILES string of the molecule is COCCOCCOCCOCCOCCOCCOCCOCCOCCOCCOCCOCCOCCOCCOCCOCCOCCOCCOCCOCCOCCOCCOCCOCCNC(=O)CCCCC[N+]1=c2cc3c(cc2C(CS(=O)(=O)O)=CC1(C)C)=C(C#N)c1cc2c(cc1O3)N(CCCCCC(=O)ON1C(=O)CCC1=O)C(C)(C)C=C2CSOOO. The van der Waals surface area contributed by atoms with Crippen molar-refractivity contribution in [1.29, 1.82) is 5.26 Å². The largest absolute Gasteiger partial charge is 0.456 e. The van der Waals surface area contributed by atoms with Crippen LogP contribution in [0.25, 0.3) is 16.7 Å². The van der Waals surface area contributed by atoms with E-state index in [1.165, 1.54) is 0 Å². The zero-order valence-corrected chi connectivity index (χ0v) is 80.8. The highest BCUT2D eigenvalue weighted by Gasteiger charge is 2.39. The number of nitriles is 1. The summed E-state index contributed by atoms with van der Waals surface area (Å²) in [5, 5.41) is 28.4. The predicted octanol–water partition coefficient (Wildman–Crippen LogP) is 4.99. The van der Waals surface area contributed by atoms with Crippen molar-refractivity contribution in [2.45, 2.75) is 103 Å². The number of carbonyl (C=O) groups is 4. The van der Waals surface area contributed by atoms with Crippen molar-refractivity contribution in [3.63, 3.8) is 0 Å². The van der Waals surface area contributed by atoms with Crippen LogP contribution in [0.5, 0.6) is 11.5 Å². The van der Waals surface area contributed by atoms with E-state index in [0.717, 1.165) is 28.9 Å². The van der Waals surface area contributed by atoms with Gasteiger partial charge in [-0.2, -0.15) is 13.7 Å². The summed E-state index contributed by atoms with van der Waals surface area (Å²) in [4.78, 5) is 56.7. The summed E-state index contributed by atoms with van der Waals surface area (Å²) >= 11 is 0.866. The Morgan fingerprint density at radius 3 is 1.21 bits per heavy atom. The molecule has 764 valence electrons. The fourth-order valence-corrected chi connectivity index (χ4v) is 15.0. The first-order valence-corrected chi connectivity index (χ1v) is 48.9. The number of fused-ring (bicyclic) bond motifs is 4. The van der Waals surface area contributed by atoms with Gasteiger partial charge in [0, 0.05) is 112 Å². The second-order valence-corrected chi connectivity index (χ2v) is 33.6. The summed E-state index contributed by atoms with van der Waals surface area (Å²) < 4.78 is 181. The Labute approximate surface area is 792 Å². The number of benzene rings is 2. The lowest BCUT2D eigenvalue weighted by atomic mass is 9.85. The summed E-state index contributed by atoms with van der Waals surface area (Å²) in [5.41, 5.74) is 2.62. The number of anilines is 1. The lowest BCUT2D eigenvalue weighted by Gasteiger charge is -2.44. The predicted molar refractivity (Wildman–Crippen MR) is 489 cm³/mol. The van der Waals surface area contributed by atoms with Crippen LogP contribution in [0, 0.1) is 11.3 Å². The molecule has 2 aromatic carbocycles. The molecule has 1 fully saturated rings. The maximum absolute atomic E-state index is 12.9. The third-order valence-electron chi connectivity index (χ3n) is 20.3. The molecule has 3 N–H and O–H groups in total. The number of hydrogen-bond donors (Lipinski definition) is 3. The number of rotatable bonds is 91. The second kappa shape index (κ2) is 74.0. The first-order valence-electron chi connectivity index (χ1n) is 46.3. The lowest BCUT2D eigenvalue weighted by molar-refractivity contribution is -0.432. The van der Waals surface area contributed by atoms with Gasteiger partial charge in [-0.05, 0) is 68.9 Å². The van der Waals surface area contributed by atoms with E-state index in [2.05, 4.69) is 32.0 Å². The van der Waals surface area contributed by atoms with E-state index in [9.17, 15) is 37.4 Å². The van der Waals surface area contributed by atoms with Crippen LogP contribution in [0.4, 0.5) is 5.69 Å². The molecule has 1 saturated heterocycles. The Hall–Kier alpha value is -6.06. The topological polar surface area (TPSA) is 447 Å². The molecule has 134 heavy (non-hydrogen) atoms. The molecule has 2 aromatic rings. The summed E-state index contributed by atoms with van der Waals surface area (Å²) in [6.45, 7) is 31.1. The molecule has 0 unspecified atom stereocenters. The van der Waals surface area contributed by atoms with Crippen LogP contribution in [0.3, 0.4) is 0 Å². The number of unbranched alkanes of at least 4 members (excludes halogenated alkanes) is 4. The fourth-order valence-electron chi connectivity index (χ4n) is 13.9. The number of imide groups is 1. The number of amides is 3. The minimum atomic E-state index is -4.51. The normalized spacial score (nSPS) is 14.4. The summed E-state index contributed by atoms with van der Waals surface area (Å²) in [5.74, 6) is -1.51. The third-order valence-corrected chi connectivity index (χ3v) is 21.6. The zero-order valence-electron chi connectivity index (χ0n) is 79.2. The molecule has 4 heterocycles. The maximum Gasteiger partial charge on any atom is 0.333 e. The lowest BCUT2D eigenvalue weighted by Crippen LogP contribution is -2.50. The van der Waals surface area contributed by atoms with E-state index in [1.807, 2.05) is 52.0 Å². The van der Waals surface area contributed by atoms with Gasteiger partial charge in [-0.3, -0.25) is 18.9 Å². The van der Waals surface area contributed by atoms with Crippen molar-refractivity contribution < 1.29 is 170 Å². The molecule has 0 atom stereocenters. The molecule has 0 aromatic heterocycles. The number of nitrogens with zero attached hydrogens (tertiary/aromatic N) is 4. The van der Waals surface area contributed by atoms with Gasteiger partial charge in [0.1, 0.15) is 29.9 Å². The van der Waals surface area contributed by atoms with Crippen molar-refractivity contribution in [2.24, 2.45) is 0 Å². The van der Waals surface area contributed by atoms with Crippen LogP contribution in [-0.4, -0.2) is 407 Å². The monoisotopic (exact) mass is 1950 g/mol. The molecule has 41 nitrogen and oxygen atoms in total.